The molecule has 1 aliphatic rings. The number of hydrogen-bond donors (Lipinski definition) is 2. The van der Waals surface area contributed by atoms with Crippen LogP contribution in [0.4, 0.5) is 0 Å². The third kappa shape index (κ3) is 5.12. The van der Waals surface area contributed by atoms with Crippen LogP contribution in [-0.4, -0.2) is 18.3 Å². The largest absolute Gasteiger partial charge is 0.396 e. The monoisotopic (exact) mass is 289 g/mol. The molecule has 3 atom stereocenters. The predicted octanol–water partition coefficient (Wildman–Crippen LogP) is 4.31. The van der Waals surface area contributed by atoms with Crippen LogP contribution in [0.2, 0.25) is 0 Å². The van der Waals surface area contributed by atoms with Crippen molar-refractivity contribution in [3.8, 4) is 0 Å². The summed E-state index contributed by atoms with van der Waals surface area (Å²) in [5.74, 6) is 1.16. The van der Waals surface area contributed by atoms with Crippen molar-refractivity contribution in [2.45, 2.75) is 57.9 Å². The maximum Gasteiger partial charge on any atom is 0.0462 e. The summed E-state index contributed by atoms with van der Waals surface area (Å²) in [6.07, 6.45) is 8.81. The van der Waals surface area contributed by atoms with Crippen molar-refractivity contribution < 1.29 is 5.11 Å². The zero-order valence-corrected chi connectivity index (χ0v) is 13.4. The normalized spacial score (nSPS) is 23.9. The van der Waals surface area contributed by atoms with Crippen molar-refractivity contribution in [3.63, 3.8) is 0 Å². The average Bonchev–Trinajstić information content (AvgIpc) is 2.56. The van der Waals surface area contributed by atoms with Crippen molar-refractivity contribution in [3.05, 3.63) is 35.9 Å². The Morgan fingerprint density at radius 2 is 1.86 bits per heavy atom. The van der Waals surface area contributed by atoms with Gasteiger partial charge in [0.15, 0.2) is 0 Å². The first kappa shape index (κ1) is 16.5. The van der Waals surface area contributed by atoms with E-state index in [2.05, 4.69) is 42.6 Å². The van der Waals surface area contributed by atoms with Gasteiger partial charge in [-0.3, -0.25) is 0 Å². The molecule has 118 valence electrons. The number of rotatable bonds is 8. The molecule has 2 nitrogen and oxygen atoms in total. The second-order valence-corrected chi connectivity index (χ2v) is 6.50. The highest BCUT2D eigenvalue weighted by Gasteiger charge is 2.25. The van der Waals surface area contributed by atoms with Gasteiger partial charge in [-0.25, -0.2) is 0 Å². The number of benzene rings is 1. The van der Waals surface area contributed by atoms with Crippen molar-refractivity contribution >= 4 is 0 Å². The minimum Gasteiger partial charge on any atom is -0.396 e. The Morgan fingerprint density at radius 3 is 2.52 bits per heavy atom. The lowest BCUT2D eigenvalue weighted by atomic mass is 9.79. The highest BCUT2D eigenvalue weighted by molar-refractivity contribution is 5.18. The first-order chi connectivity index (χ1) is 10.3. The van der Waals surface area contributed by atoms with Crippen molar-refractivity contribution in [1.29, 1.82) is 0 Å². The van der Waals surface area contributed by atoms with Crippen LogP contribution >= 0.6 is 0 Å². The smallest absolute Gasteiger partial charge is 0.0462 e. The summed E-state index contributed by atoms with van der Waals surface area (Å²) in [6, 6.07) is 11.3. The van der Waals surface area contributed by atoms with Gasteiger partial charge in [-0.1, -0.05) is 62.9 Å². The van der Waals surface area contributed by atoms with E-state index in [0.717, 1.165) is 6.54 Å². The minimum atomic E-state index is 0.358. The van der Waals surface area contributed by atoms with E-state index in [1.165, 1.54) is 50.5 Å². The summed E-state index contributed by atoms with van der Waals surface area (Å²) in [4.78, 5) is 0. The highest BCUT2D eigenvalue weighted by Crippen LogP contribution is 2.30. The standard InChI is InChI=1S/C19H31NO/c1-2-3-13-19(16-9-5-4-6-10-16)20-14-17-11-7-8-12-18(17)15-21/h4-6,9-10,17-21H,2-3,7-8,11-15H2,1H3. The van der Waals surface area contributed by atoms with Gasteiger partial charge in [0.05, 0.1) is 0 Å². The van der Waals surface area contributed by atoms with Gasteiger partial charge >= 0.3 is 0 Å². The fraction of sp³-hybridized carbons (Fsp3) is 0.684. The maximum atomic E-state index is 9.56. The van der Waals surface area contributed by atoms with Crippen molar-refractivity contribution in [1.82, 2.24) is 5.32 Å². The van der Waals surface area contributed by atoms with Crippen LogP contribution in [0.1, 0.15) is 63.5 Å². The van der Waals surface area contributed by atoms with Crippen LogP contribution in [0.15, 0.2) is 30.3 Å². The Labute approximate surface area is 130 Å². The quantitative estimate of drug-likeness (QED) is 0.747. The molecule has 3 unspecified atom stereocenters. The van der Waals surface area contributed by atoms with Crippen molar-refractivity contribution in [2.75, 3.05) is 13.2 Å². The fourth-order valence-electron chi connectivity index (χ4n) is 3.57. The maximum absolute atomic E-state index is 9.56. The molecule has 0 spiro atoms. The summed E-state index contributed by atoms with van der Waals surface area (Å²) in [7, 11) is 0. The molecular formula is C19H31NO. The number of aliphatic hydroxyl groups is 1. The molecule has 2 heteroatoms. The van der Waals surface area contributed by atoms with Gasteiger partial charge in [-0.15, -0.1) is 0 Å². The molecule has 2 N–H and O–H groups in total. The predicted molar refractivity (Wildman–Crippen MR) is 89.2 cm³/mol. The molecule has 1 fully saturated rings. The second kappa shape index (κ2) is 9.22. The molecule has 0 aliphatic heterocycles. The summed E-state index contributed by atoms with van der Waals surface area (Å²) in [6.45, 7) is 3.66. The zero-order chi connectivity index (χ0) is 14.9. The average molecular weight is 289 g/mol. The lowest BCUT2D eigenvalue weighted by molar-refractivity contribution is 0.130. The van der Waals surface area contributed by atoms with E-state index in [-0.39, 0.29) is 0 Å². The molecule has 0 bridgehead atoms. The van der Waals surface area contributed by atoms with Crippen LogP contribution < -0.4 is 5.32 Å². The topological polar surface area (TPSA) is 32.3 Å². The summed E-state index contributed by atoms with van der Waals surface area (Å²) in [5, 5.41) is 13.4. The summed E-state index contributed by atoms with van der Waals surface area (Å²) >= 11 is 0. The highest BCUT2D eigenvalue weighted by atomic mass is 16.3. The van der Waals surface area contributed by atoms with Crippen LogP contribution in [0.3, 0.4) is 0 Å². The Bertz CT molecular complexity index is 378. The molecule has 21 heavy (non-hydrogen) atoms. The molecule has 1 aliphatic carbocycles. The Hall–Kier alpha value is -0.860. The third-order valence-electron chi connectivity index (χ3n) is 4.98. The van der Waals surface area contributed by atoms with E-state index in [0.29, 0.717) is 24.5 Å². The second-order valence-electron chi connectivity index (χ2n) is 6.50. The molecule has 0 heterocycles. The summed E-state index contributed by atoms with van der Waals surface area (Å²) in [5.41, 5.74) is 1.40. The molecule has 1 aromatic carbocycles. The number of nitrogens with one attached hydrogen (secondary N) is 1. The molecule has 0 aromatic heterocycles. The van der Waals surface area contributed by atoms with E-state index < -0.39 is 0 Å². The van der Waals surface area contributed by atoms with Crippen LogP contribution in [-0.2, 0) is 0 Å². The van der Waals surface area contributed by atoms with E-state index in [4.69, 9.17) is 0 Å². The number of aliphatic hydroxyl groups excluding tert-OH is 1. The lowest BCUT2D eigenvalue weighted by Crippen LogP contribution is -2.34. The van der Waals surface area contributed by atoms with E-state index in [1.54, 1.807) is 0 Å². The SMILES string of the molecule is CCCCC(NCC1CCCCC1CO)c1ccccc1. The zero-order valence-electron chi connectivity index (χ0n) is 13.4. The van der Waals surface area contributed by atoms with Crippen molar-refractivity contribution in [2.24, 2.45) is 11.8 Å². The van der Waals surface area contributed by atoms with Gasteiger partial charge in [0.25, 0.3) is 0 Å². The fourth-order valence-corrected chi connectivity index (χ4v) is 3.57. The molecule has 0 amide bonds. The molecule has 1 aromatic rings. The van der Waals surface area contributed by atoms with Crippen LogP contribution in [0.5, 0.6) is 0 Å². The van der Waals surface area contributed by atoms with E-state index >= 15 is 0 Å². The van der Waals surface area contributed by atoms with Crippen LogP contribution in [0, 0.1) is 11.8 Å². The Kier molecular flexibility index (Phi) is 7.25. The molecule has 1 saturated carbocycles. The van der Waals surface area contributed by atoms with Crippen LogP contribution in [0.25, 0.3) is 0 Å². The molecule has 0 radical (unpaired) electrons. The first-order valence-electron chi connectivity index (χ1n) is 8.74. The molecule has 2 rings (SSSR count). The molecular weight excluding hydrogens is 258 g/mol. The van der Waals surface area contributed by atoms with Gasteiger partial charge in [0.1, 0.15) is 0 Å². The van der Waals surface area contributed by atoms with Gasteiger partial charge in [-0.05, 0) is 43.2 Å². The van der Waals surface area contributed by atoms with Gasteiger partial charge in [0, 0.05) is 12.6 Å². The first-order valence-corrected chi connectivity index (χ1v) is 8.74. The summed E-state index contributed by atoms with van der Waals surface area (Å²) < 4.78 is 0. The number of hydrogen-bond acceptors (Lipinski definition) is 2. The van der Waals surface area contributed by atoms with Gasteiger partial charge < -0.3 is 10.4 Å². The van der Waals surface area contributed by atoms with E-state index in [9.17, 15) is 5.11 Å². The Balaban J connectivity index is 1.92. The number of unbranched alkanes of at least 4 members (excludes halogenated alkanes) is 1. The lowest BCUT2D eigenvalue weighted by Gasteiger charge is -2.32. The van der Waals surface area contributed by atoms with Gasteiger partial charge in [0.2, 0.25) is 0 Å². The minimum absolute atomic E-state index is 0.358. The van der Waals surface area contributed by atoms with Gasteiger partial charge in [-0.2, -0.15) is 0 Å². The third-order valence-corrected chi connectivity index (χ3v) is 4.98. The molecule has 0 saturated heterocycles. The van der Waals surface area contributed by atoms with E-state index in [1.807, 2.05) is 0 Å². The Morgan fingerprint density at radius 1 is 1.14 bits per heavy atom.